The van der Waals surface area contributed by atoms with Crippen molar-refractivity contribution in [3.8, 4) is 5.75 Å². The van der Waals surface area contributed by atoms with Crippen molar-refractivity contribution in [2.45, 2.75) is 31.0 Å². The summed E-state index contributed by atoms with van der Waals surface area (Å²) < 4.78 is 0. The zero-order valence-electron chi connectivity index (χ0n) is 15.4. The number of nitrogens with one attached hydrogen (secondary N) is 1. The Morgan fingerprint density at radius 1 is 1.28 bits per heavy atom. The molecule has 5 atom stereocenters. The third kappa shape index (κ3) is 2.19. The second-order valence-corrected chi connectivity index (χ2v) is 7.78. The molecule has 1 aromatic carbocycles. The van der Waals surface area contributed by atoms with Crippen LogP contribution in [0.5, 0.6) is 5.75 Å². The summed E-state index contributed by atoms with van der Waals surface area (Å²) >= 11 is 0. The highest BCUT2D eigenvalue weighted by molar-refractivity contribution is 6.25. The maximum atomic E-state index is 13.2. The summed E-state index contributed by atoms with van der Waals surface area (Å²) in [6.07, 6.45) is -1.85. The topological polar surface area (TPSA) is 185 Å². The van der Waals surface area contributed by atoms with Gasteiger partial charge >= 0.3 is 0 Å². The summed E-state index contributed by atoms with van der Waals surface area (Å²) in [4.78, 5) is 24.8. The number of Topliss-reactive ketones (excluding diaryl/α,β-unsaturated/α-hetero) is 1. The van der Waals surface area contributed by atoms with Gasteiger partial charge in [-0.3, -0.25) is 9.59 Å². The van der Waals surface area contributed by atoms with Crippen LogP contribution in [0.4, 0.5) is 0 Å². The number of nitrogens with two attached hydrogens (primary N) is 1. The van der Waals surface area contributed by atoms with Gasteiger partial charge in [0.15, 0.2) is 11.4 Å². The first kappa shape index (κ1) is 19.2. The number of amides is 1. The van der Waals surface area contributed by atoms with E-state index in [4.69, 9.17) is 11.1 Å². The van der Waals surface area contributed by atoms with Crippen molar-refractivity contribution in [2.24, 2.45) is 17.6 Å². The van der Waals surface area contributed by atoms with Crippen LogP contribution in [0, 0.1) is 17.2 Å². The molecule has 9 nitrogen and oxygen atoms in total. The molecule has 3 aliphatic rings. The van der Waals surface area contributed by atoms with Gasteiger partial charge in [-0.05, 0) is 17.5 Å². The highest BCUT2D eigenvalue weighted by Gasteiger charge is 2.62. The lowest BCUT2D eigenvalue weighted by atomic mass is 9.56. The van der Waals surface area contributed by atoms with E-state index >= 15 is 0 Å². The number of allylic oxidation sites excluding steroid dienone is 1. The number of aliphatic hydroxyl groups excluding tert-OH is 3. The molecular formula is C20H20N2O7. The standard InChI is InChI=1S/C20H20N2O7/c1-6-7-3-2-4-9(23)12(7)16(26)14-11(6)15(25)8-5-10(24)13(19(22)28)17(21)20(8,29)18(14)27/h2-4,6,8,11,15,21,23-25,27,29H,5H2,1H3,(H2,22,28)/t6-,8?,11?,15+,20+/m0/s1. The lowest BCUT2D eigenvalue weighted by molar-refractivity contribution is -0.115. The molecule has 0 aromatic heterocycles. The molecule has 4 rings (SSSR count). The zero-order valence-corrected chi connectivity index (χ0v) is 15.4. The number of rotatable bonds is 1. The van der Waals surface area contributed by atoms with E-state index in [1.54, 1.807) is 19.1 Å². The molecule has 1 aromatic rings. The average Bonchev–Trinajstić information content (AvgIpc) is 2.65. The van der Waals surface area contributed by atoms with Gasteiger partial charge < -0.3 is 36.7 Å². The molecule has 29 heavy (non-hydrogen) atoms. The van der Waals surface area contributed by atoms with E-state index < -0.39 is 70.4 Å². The maximum absolute atomic E-state index is 13.2. The molecule has 0 bridgehead atoms. The fourth-order valence-corrected chi connectivity index (χ4v) is 5.01. The smallest absolute Gasteiger partial charge is 0.254 e. The first-order chi connectivity index (χ1) is 13.5. The minimum absolute atomic E-state index is 0.0529. The van der Waals surface area contributed by atoms with Gasteiger partial charge in [0, 0.05) is 23.8 Å². The molecule has 0 radical (unpaired) electrons. The molecule has 1 amide bonds. The van der Waals surface area contributed by atoms with Crippen LogP contribution in [0.25, 0.3) is 0 Å². The Hall–Kier alpha value is -3.17. The normalized spacial score (nSPS) is 33.9. The highest BCUT2D eigenvalue weighted by Crippen LogP contribution is 2.54. The fourth-order valence-electron chi connectivity index (χ4n) is 5.01. The number of phenolic OH excluding ortho intramolecular Hbond substituents is 1. The summed E-state index contributed by atoms with van der Waals surface area (Å²) in [6, 6.07) is 4.50. The number of carbonyl (C=O) groups excluding carboxylic acids is 2. The molecule has 0 spiro atoms. The van der Waals surface area contributed by atoms with Crippen LogP contribution in [0.3, 0.4) is 0 Å². The molecular weight excluding hydrogens is 380 g/mol. The van der Waals surface area contributed by atoms with Crippen molar-refractivity contribution >= 4 is 17.4 Å². The number of fused-ring (bicyclic) bond motifs is 3. The summed E-state index contributed by atoms with van der Waals surface area (Å²) in [5, 5.41) is 61.9. The van der Waals surface area contributed by atoms with Gasteiger partial charge in [0.2, 0.25) is 0 Å². The van der Waals surface area contributed by atoms with E-state index in [0.29, 0.717) is 5.56 Å². The first-order valence-corrected chi connectivity index (χ1v) is 9.05. The molecule has 2 unspecified atom stereocenters. The predicted octanol–water partition coefficient (Wildman–Crippen LogP) is 0.563. The number of carbonyl (C=O) groups is 2. The number of aliphatic hydroxyl groups is 4. The maximum Gasteiger partial charge on any atom is 0.254 e. The van der Waals surface area contributed by atoms with E-state index in [1.807, 2.05) is 0 Å². The summed E-state index contributed by atoms with van der Waals surface area (Å²) in [5.74, 6) is -6.46. The predicted molar refractivity (Wildman–Crippen MR) is 99.6 cm³/mol. The van der Waals surface area contributed by atoms with E-state index in [0.717, 1.165) is 0 Å². The van der Waals surface area contributed by atoms with Crippen molar-refractivity contribution in [3.05, 3.63) is 52.0 Å². The second kappa shape index (κ2) is 5.91. The third-order valence-corrected chi connectivity index (χ3v) is 6.42. The summed E-state index contributed by atoms with van der Waals surface area (Å²) in [5.41, 5.74) is 1.17. The largest absolute Gasteiger partial charge is 0.511 e. The van der Waals surface area contributed by atoms with Gasteiger partial charge in [0.25, 0.3) is 5.91 Å². The third-order valence-electron chi connectivity index (χ3n) is 6.42. The molecule has 0 heterocycles. The van der Waals surface area contributed by atoms with Crippen LogP contribution in [-0.2, 0) is 4.79 Å². The van der Waals surface area contributed by atoms with Gasteiger partial charge in [-0.15, -0.1) is 0 Å². The van der Waals surface area contributed by atoms with Crippen LogP contribution in [0.15, 0.2) is 40.9 Å². The van der Waals surface area contributed by atoms with Crippen molar-refractivity contribution in [3.63, 3.8) is 0 Å². The first-order valence-electron chi connectivity index (χ1n) is 9.05. The van der Waals surface area contributed by atoms with Crippen LogP contribution in [0.2, 0.25) is 0 Å². The van der Waals surface area contributed by atoms with Gasteiger partial charge in [-0.25, -0.2) is 0 Å². The van der Waals surface area contributed by atoms with Crippen LogP contribution < -0.4 is 5.73 Å². The average molecular weight is 400 g/mol. The molecule has 0 saturated heterocycles. The van der Waals surface area contributed by atoms with Gasteiger partial charge in [-0.2, -0.15) is 0 Å². The molecule has 9 heteroatoms. The number of hydrogen-bond acceptors (Lipinski definition) is 8. The van der Waals surface area contributed by atoms with Crippen LogP contribution >= 0.6 is 0 Å². The number of ketones is 1. The SMILES string of the molecule is C[C@H]1c2cccc(O)c2C(=O)C2=C(O)[C@]3(O)C(=N)C(C(N)=O)=C(O)CC3[C@@H](O)C21. The Morgan fingerprint density at radius 3 is 2.55 bits per heavy atom. The van der Waals surface area contributed by atoms with E-state index in [1.165, 1.54) is 6.07 Å². The number of phenols is 1. The van der Waals surface area contributed by atoms with Crippen molar-refractivity contribution in [1.29, 1.82) is 5.41 Å². The lowest BCUT2D eigenvalue weighted by Gasteiger charge is -2.51. The summed E-state index contributed by atoms with van der Waals surface area (Å²) in [7, 11) is 0. The molecule has 152 valence electrons. The molecule has 0 saturated carbocycles. The molecule has 0 aliphatic heterocycles. The Balaban J connectivity index is 2.00. The van der Waals surface area contributed by atoms with Gasteiger partial charge in [-0.1, -0.05) is 19.1 Å². The number of hydrogen-bond donors (Lipinski definition) is 7. The van der Waals surface area contributed by atoms with E-state index in [9.17, 15) is 35.1 Å². The van der Waals surface area contributed by atoms with Gasteiger partial charge in [0.05, 0.1) is 17.4 Å². The zero-order chi connectivity index (χ0) is 21.4. The Kier molecular flexibility index (Phi) is 3.91. The highest BCUT2D eigenvalue weighted by atomic mass is 16.3. The quantitative estimate of drug-likeness (QED) is 0.359. The Morgan fingerprint density at radius 2 is 1.93 bits per heavy atom. The van der Waals surface area contributed by atoms with Crippen LogP contribution in [-0.4, -0.2) is 54.6 Å². The Bertz CT molecular complexity index is 1060. The number of primary amides is 1. The minimum atomic E-state index is -2.58. The lowest BCUT2D eigenvalue weighted by Crippen LogP contribution is -2.62. The fraction of sp³-hybridized carbons (Fsp3) is 0.350. The van der Waals surface area contributed by atoms with Crippen molar-refractivity contribution < 1.29 is 35.1 Å². The summed E-state index contributed by atoms with van der Waals surface area (Å²) in [6.45, 7) is 1.70. The van der Waals surface area contributed by atoms with Crippen molar-refractivity contribution in [1.82, 2.24) is 0 Å². The molecule has 3 aliphatic carbocycles. The van der Waals surface area contributed by atoms with E-state index in [2.05, 4.69) is 0 Å². The second-order valence-electron chi connectivity index (χ2n) is 7.78. The number of aromatic hydroxyl groups is 1. The molecule has 0 fully saturated rings. The minimum Gasteiger partial charge on any atom is -0.511 e. The molecule has 8 N–H and O–H groups in total. The van der Waals surface area contributed by atoms with Crippen LogP contribution in [0.1, 0.15) is 35.2 Å². The van der Waals surface area contributed by atoms with Crippen molar-refractivity contribution in [2.75, 3.05) is 0 Å². The van der Waals surface area contributed by atoms with Gasteiger partial charge in [0.1, 0.15) is 22.8 Å². The van der Waals surface area contributed by atoms with E-state index in [-0.39, 0.29) is 16.9 Å². The number of benzene rings is 1. The monoisotopic (exact) mass is 400 g/mol. The Labute approximate surface area is 164 Å².